The number of methoxy groups -OCH3 is 3. The smallest absolute Gasteiger partial charge is 0.306 e. The zero-order chi connectivity index (χ0) is 17.0. The molecule has 124 valence electrons. The molecule has 0 aromatic heterocycles. The van der Waals surface area contributed by atoms with Crippen LogP contribution in [0, 0.1) is 5.92 Å². The quantitative estimate of drug-likeness (QED) is 0.846. The predicted molar refractivity (Wildman–Crippen MR) is 88.7 cm³/mol. The summed E-state index contributed by atoms with van der Waals surface area (Å²) in [5.74, 6) is 0.595. The second-order valence-electron chi connectivity index (χ2n) is 5.35. The summed E-state index contributed by atoms with van der Waals surface area (Å²) >= 11 is 0. The maximum atomic E-state index is 11.2. The molecule has 0 bridgehead atoms. The van der Waals surface area contributed by atoms with Gasteiger partial charge in [0.15, 0.2) is 11.5 Å². The van der Waals surface area contributed by atoms with Gasteiger partial charge in [0.2, 0.25) is 5.75 Å². The lowest BCUT2D eigenvalue weighted by molar-refractivity contribution is -0.141. The van der Waals surface area contributed by atoms with Crippen molar-refractivity contribution in [3.63, 3.8) is 0 Å². The van der Waals surface area contributed by atoms with Gasteiger partial charge in [0.05, 0.1) is 27.2 Å². The molecule has 1 unspecified atom stereocenters. The molecular weight excluding hydrogens is 296 g/mol. The topological polar surface area (TPSA) is 65.0 Å². The number of hydrogen-bond donors (Lipinski definition) is 1. The van der Waals surface area contributed by atoms with E-state index in [2.05, 4.69) is 0 Å². The predicted octanol–water partition coefficient (Wildman–Crippen LogP) is 3.52. The van der Waals surface area contributed by atoms with Crippen LogP contribution in [0.4, 0.5) is 0 Å². The van der Waals surface area contributed by atoms with E-state index in [1.165, 1.54) is 0 Å². The third-order valence-electron chi connectivity index (χ3n) is 4.03. The van der Waals surface area contributed by atoms with Gasteiger partial charge < -0.3 is 19.3 Å². The van der Waals surface area contributed by atoms with E-state index in [1.54, 1.807) is 21.3 Å². The van der Waals surface area contributed by atoms with Crippen molar-refractivity contribution in [1.29, 1.82) is 0 Å². The van der Waals surface area contributed by atoms with E-state index in [0.717, 1.165) is 16.3 Å². The summed E-state index contributed by atoms with van der Waals surface area (Å²) in [5.41, 5.74) is 0.973. The molecule has 2 aromatic carbocycles. The number of fused-ring (bicyclic) bond motifs is 1. The number of carbonyl (C=O) groups is 1. The Kier molecular flexibility index (Phi) is 5.32. The molecule has 0 saturated carbocycles. The number of benzene rings is 2. The van der Waals surface area contributed by atoms with E-state index in [9.17, 15) is 9.90 Å². The van der Waals surface area contributed by atoms with Gasteiger partial charge >= 0.3 is 5.97 Å². The van der Waals surface area contributed by atoms with Crippen LogP contribution in [-0.2, 0) is 11.2 Å². The lowest BCUT2D eigenvalue weighted by atomic mass is 9.95. The normalized spacial score (nSPS) is 12.0. The van der Waals surface area contributed by atoms with Crippen molar-refractivity contribution >= 4 is 16.7 Å². The zero-order valence-electron chi connectivity index (χ0n) is 13.9. The SMILES string of the molecule is CCC(Cc1ccc2c(OC)c(OC)c(OC)cc2c1)C(=O)O. The van der Waals surface area contributed by atoms with Crippen LogP contribution < -0.4 is 14.2 Å². The van der Waals surface area contributed by atoms with Gasteiger partial charge in [-0.15, -0.1) is 0 Å². The Morgan fingerprint density at radius 1 is 1.09 bits per heavy atom. The van der Waals surface area contributed by atoms with Crippen LogP contribution >= 0.6 is 0 Å². The molecule has 0 amide bonds. The molecule has 0 radical (unpaired) electrons. The van der Waals surface area contributed by atoms with E-state index < -0.39 is 5.97 Å². The number of aliphatic carboxylic acids is 1. The molecular formula is C18H22O5. The van der Waals surface area contributed by atoms with E-state index in [-0.39, 0.29) is 5.92 Å². The Hall–Kier alpha value is -2.43. The number of rotatable bonds is 7. The second kappa shape index (κ2) is 7.22. The zero-order valence-corrected chi connectivity index (χ0v) is 13.9. The Balaban J connectivity index is 2.53. The maximum absolute atomic E-state index is 11.2. The summed E-state index contributed by atoms with van der Waals surface area (Å²) in [6.45, 7) is 1.89. The van der Waals surface area contributed by atoms with Gasteiger partial charge in [-0.3, -0.25) is 4.79 Å². The Labute approximate surface area is 135 Å². The average molecular weight is 318 g/mol. The average Bonchev–Trinajstić information content (AvgIpc) is 2.56. The van der Waals surface area contributed by atoms with Crippen molar-refractivity contribution in [2.75, 3.05) is 21.3 Å². The van der Waals surface area contributed by atoms with E-state index in [4.69, 9.17) is 14.2 Å². The fourth-order valence-corrected chi connectivity index (χ4v) is 2.74. The van der Waals surface area contributed by atoms with Crippen LogP contribution in [0.5, 0.6) is 17.2 Å². The van der Waals surface area contributed by atoms with E-state index >= 15 is 0 Å². The molecule has 23 heavy (non-hydrogen) atoms. The summed E-state index contributed by atoms with van der Waals surface area (Å²) in [6.07, 6.45) is 1.10. The fourth-order valence-electron chi connectivity index (χ4n) is 2.74. The first kappa shape index (κ1) is 16.9. The molecule has 5 heteroatoms. The minimum Gasteiger partial charge on any atom is -0.493 e. The van der Waals surface area contributed by atoms with Crippen molar-refractivity contribution in [1.82, 2.24) is 0 Å². The van der Waals surface area contributed by atoms with Crippen LogP contribution in [0.15, 0.2) is 24.3 Å². The molecule has 2 aromatic rings. The Morgan fingerprint density at radius 3 is 2.30 bits per heavy atom. The first-order valence-electron chi connectivity index (χ1n) is 7.50. The summed E-state index contributed by atoms with van der Waals surface area (Å²) in [4.78, 5) is 11.2. The van der Waals surface area contributed by atoms with Gasteiger partial charge in [-0.2, -0.15) is 0 Å². The summed E-state index contributed by atoms with van der Waals surface area (Å²) in [7, 11) is 4.73. The number of carboxylic acids is 1. The van der Waals surface area contributed by atoms with Crippen LogP contribution in [-0.4, -0.2) is 32.4 Å². The molecule has 0 aliphatic carbocycles. The van der Waals surface area contributed by atoms with Gasteiger partial charge in [-0.25, -0.2) is 0 Å². The third-order valence-corrected chi connectivity index (χ3v) is 4.03. The Bertz CT molecular complexity index is 708. The lowest BCUT2D eigenvalue weighted by Gasteiger charge is -2.16. The van der Waals surface area contributed by atoms with Crippen LogP contribution in [0.25, 0.3) is 10.8 Å². The summed E-state index contributed by atoms with van der Waals surface area (Å²) in [6, 6.07) is 7.72. The number of hydrogen-bond acceptors (Lipinski definition) is 4. The molecule has 5 nitrogen and oxygen atoms in total. The highest BCUT2D eigenvalue weighted by Crippen LogP contribution is 2.43. The maximum Gasteiger partial charge on any atom is 0.306 e. The summed E-state index contributed by atoms with van der Waals surface area (Å²) < 4.78 is 16.2. The second-order valence-corrected chi connectivity index (χ2v) is 5.35. The van der Waals surface area contributed by atoms with Crippen molar-refractivity contribution in [3.8, 4) is 17.2 Å². The van der Waals surface area contributed by atoms with Crippen molar-refractivity contribution in [3.05, 3.63) is 29.8 Å². The first-order chi connectivity index (χ1) is 11.0. The van der Waals surface area contributed by atoms with Crippen molar-refractivity contribution in [2.24, 2.45) is 5.92 Å². The van der Waals surface area contributed by atoms with Crippen LogP contribution in [0.1, 0.15) is 18.9 Å². The highest BCUT2D eigenvalue weighted by Gasteiger charge is 2.18. The van der Waals surface area contributed by atoms with Gasteiger partial charge in [0.25, 0.3) is 0 Å². The lowest BCUT2D eigenvalue weighted by Crippen LogP contribution is -2.15. The van der Waals surface area contributed by atoms with Gasteiger partial charge in [0, 0.05) is 5.39 Å². The standard InChI is InChI=1S/C18H22O5/c1-5-12(18(19)20)8-11-6-7-14-13(9-11)10-15(21-2)17(23-4)16(14)22-3/h6-7,9-10,12H,5,8H2,1-4H3,(H,19,20). The van der Waals surface area contributed by atoms with Crippen molar-refractivity contribution < 1.29 is 24.1 Å². The fraction of sp³-hybridized carbons (Fsp3) is 0.389. The molecule has 0 saturated heterocycles. The third kappa shape index (κ3) is 3.33. The van der Waals surface area contributed by atoms with Crippen LogP contribution in [0.3, 0.4) is 0 Å². The molecule has 0 spiro atoms. The highest BCUT2D eigenvalue weighted by atomic mass is 16.5. The largest absolute Gasteiger partial charge is 0.493 e. The molecule has 0 fully saturated rings. The Morgan fingerprint density at radius 2 is 1.78 bits per heavy atom. The minimum absolute atomic E-state index is 0.380. The van der Waals surface area contributed by atoms with Crippen LogP contribution in [0.2, 0.25) is 0 Å². The van der Waals surface area contributed by atoms with Gasteiger partial charge in [-0.1, -0.05) is 25.1 Å². The van der Waals surface area contributed by atoms with Gasteiger partial charge in [-0.05, 0) is 29.9 Å². The molecule has 0 aliphatic rings. The molecule has 2 rings (SSSR count). The molecule has 1 N–H and O–H groups in total. The number of ether oxygens (including phenoxy) is 3. The van der Waals surface area contributed by atoms with E-state index in [1.807, 2.05) is 31.2 Å². The number of carboxylic acid groups (broad SMARTS) is 1. The molecule has 0 aliphatic heterocycles. The van der Waals surface area contributed by atoms with E-state index in [0.29, 0.717) is 30.1 Å². The van der Waals surface area contributed by atoms with Crippen molar-refractivity contribution in [2.45, 2.75) is 19.8 Å². The highest BCUT2D eigenvalue weighted by molar-refractivity contribution is 5.93. The monoisotopic (exact) mass is 318 g/mol. The summed E-state index contributed by atoms with van der Waals surface area (Å²) in [5, 5.41) is 11.1. The first-order valence-corrected chi connectivity index (χ1v) is 7.50. The molecule has 0 heterocycles. The van der Waals surface area contributed by atoms with Gasteiger partial charge in [0.1, 0.15) is 0 Å². The minimum atomic E-state index is -0.766. The molecule has 1 atom stereocenters.